The van der Waals surface area contributed by atoms with Gasteiger partial charge in [0.15, 0.2) is 0 Å². The Morgan fingerprint density at radius 2 is 1.76 bits per heavy atom. The highest BCUT2D eigenvalue weighted by molar-refractivity contribution is 5.89. The van der Waals surface area contributed by atoms with E-state index in [4.69, 9.17) is 9.47 Å². The number of benzene rings is 2. The fourth-order valence-electron chi connectivity index (χ4n) is 4.01. The molecule has 0 spiro atoms. The highest BCUT2D eigenvalue weighted by Crippen LogP contribution is 2.39. The number of likely N-dealkylation sites (tertiary alicyclic amines) is 1. The molecule has 25 heavy (non-hydrogen) atoms. The van der Waals surface area contributed by atoms with Crippen molar-refractivity contribution in [3.63, 3.8) is 0 Å². The molecule has 0 radical (unpaired) electrons. The van der Waals surface area contributed by atoms with Gasteiger partial charge < -0.3 is 9.47 Å². The van der Waals surface area contributed by atoms with Crippen LogP contribution >= 0.6 is 0 Å². The zero-order valence-corrected chi connectivity index (χ0v) is 14.5. The number of nitrogens with zero attached hydrogens (tertiary/aromatic N) is 1. The van der Waals surface area contributed by atoms with Crippen LogP contribution in [0.25, 0.3) is 0 Å². The van der Waals surface area contributed by atoms with Gasteiger partial charge in [0.1, 0.15) is 11.9 Å². The molecule has 2 atom stereocenters. The predicted molar refractivity (Wildman–Crippen MR) is 95.9 cm³/mol. The van der Waals surface area contributed by atoms with Gasteiger partial charge >= 0.3 is 5.97 Å². The van der Waals surface area contributed by atoms with Gasteiger partial charge in [0.2, 0.25) is 0 Å². The molecule has 0 aromatic heterocycles. The van der Waals surface area contributed by atoms with Crippen LogP contribution in [-0.2, 0) is 11.2 Å². The molecule has 1 saturated heterocycles. The van der Waals surface area contributed by atoms with E-state index in [1.54, 1.807) is 12.1 Å². The molecule has 4 rings (SSSR count). The number of carbonyl (C=O) groups is 1. The fraction of sp³-hybridized carbons (Fsp3) is 0.381. The number of ether oxygens (including phenoxy) is 2. The van der Waals surface area contributed by atoms with Crippen molar-refractivity contribution in [3.05, 3.63) is 65.2 Å². The molecule has 2 aromatic carbocycles. The Morgan fingerprint density at radius 1 is 1.04 bits per heavy atom. The van der Waals surface area contributed by atoms with E-state index in [-0.39, 0.29) is 12.1 Å². The highest BCUT2D eigenvalue weighted by Gasteiger charge is 2.38. The quantitative estimate of drug-likeness (QED) is 0.799. The topological polar surface area (TPSA) is 38.8 Å². The van der Waals surface area contributed by atoms with E-state index < -0.39 is 0 Å². The van der Waals surface area contributed by atoms with Crippen molar-refractivity contribution in [3.8, 4) is 5.75 Å². The first-order valence-electron chi connectivity index (χ1n) is 8.93. The summed E-state index contributed by atoms with van der Waals surface area (Å²) in [5.74, 6) is 0.464. The smallest absolute Gasteiger partial charge is 0.337 e. The first kappa shape index (κ1) is 16.2. The molecular formula is C21H23NO3. The van der Waals surface area contributed by atoms with Crippen molar-refractivity contribution in [1.29, 1.82) is 0 Å². The van der Waals surface area contributed by atoms with Crippen molar-refractivity contribution in [2.45, 2.75) is 31.4 Å². The Labute approximate surface area is 148 Å². The number of carbonyl (C=O) groups excluding carboxylic acids is 1. The summed E-state index contributed by atoms with van der Waals surface area (Å²) in [6.07, 6.45) is 3.63. The van der Waals surface area contributed by atoms with Crippen molar-refractivity contribution >= 4 is 5.97 Å². The highest BCUT2D eigenvalue weighted by atomic mass is 16.5. The monoisotopic (exact) mass is 337 g/mol. The third kappa shape index (κ3) is 3.14. The molecule has 0 bridgehead atoms. The van der Waals surface area contributed by atoms with E-state index >= 15 is 0 Å². The Morgan fingerprint density at radius 3 is 2.48 bits per heavy atom. The van der Waals surface area contributed by atoms with Crippen LogP contribution in [0.15, 0.2) is 48.5 Å². The molecule has 4 nitrogen and oxygen atoms in total. The molecule has 0 N–H and O–H groups in total. The molecule has 1 aliphatic heterocycles. The molecule has 0 saturated carbocycles. The van der Waals surface area contributed by atoms with E-state index in [9.17, 15) is 4.79 Å². The van der Waals surface area contributed by atoms with E-state index in [0.717, 1.165) is 25.3 Å². The summed E-state index contributed by atoms with van der Waals surface area (Å²) in [5.41, 5.74) is 3.21. The molecule has 2 aromatic rings. The Bertz CT molecular complexity index is 750. The molecule has 2 aliphatic rings. The lowest BCUT2D eigenvalue weighted by atomic mass is 10.1. The number of methoxy groups -OCH3 is 1. The van der Waals surface area contributed by atoms with E-state index in [0.29, 0.717) is 11.6 Å². The molecule has 0 unspecified atom stereocenters. The molecule has 4 heteroatoms. The summed E-state index contributed by atoms with van der Waals surface area (Å²) in [6, 6.07) is 16.2. The second-order valence-corrected chi connectivity index (χ2v) is 6.77. The summed E-state index contributed by atoms with van der Waals surface area (Å²) in [6.45, 7) is 2.31. The van der Waals surface area contributed by atoms with Gasteiger partial charge in [0, 0.05) is 0 Å². The van der Waals surface area contributed by atoms with Crippen LogP contribution in [0.4, 0.5) is 0 Å². The Hall–Kier alpha value is -2.33. The van der Waals surface area contributed by atoms with Crippen LogP contribution in [0.3, 0.4) is 0 Å². The van der Waals surface area contributed by atoms with Crippen LogP contribution in [0.5, 0.6) is 5.75 Å². The number of esters is 1. The van der Waals surface area contributed by atoms with E-state index in [1.807, 2.05) is 12.1 Å². The summed E-state index contributed by atoms with van der Waals surface area (Å²) >= 11 is 0. The molecular weight excluding hydrogens is 314 g/mol. The molecule has 1 fully saturated rings. The van der Waals surface area contributed by atoms with Gasteiger partial charge in [-0.1, -0.05) is 24.3 Å². The third-order valence-corrected chi connectivity index (χ3v) is 5.29. The second-order valence-electron chi connectivity index (χ2n) is 6.77. The molecule has 1 heterocycles. The maximum Gasteiger partial charge on any atom is 0.337 e. The van der Waals surface area contributed by atoms with Gasteiger partial charge in [-0.25, -0.2) is 4.79 Å². The number of fused-ring (bicyclic) bond motifs is 1. The van der Waals surface area contributed by atoms with Crippen molar-refractivity contribution in [2.24, 2.45) is 0 Å². The summed E-state index contributed by atoms with van der Waals surface area (Å²) in [5, 5.41) is 0. The number of hydrogen-bond acceptors (Lipinski definition) is 4. The van der Waals surface area contributed by atoms with Gasteiger partial charge in [-0.15, -0.1) is 0 Å². The average Bonchev–Trinajstić information content (AvgIpc) is 3.30. The minimum Gasteiger partial charge on any atom is -0.484 e. The van der Waals surface area contributed by atoms with Crippen molar-refractivity contribution in [1.82, 2.24) is 4.90 Å². The van der Waals surface area contributed by atoms with Gasteiger partial charge in [0.25, 0.3) is 0 Å². The number of hydrogen-bond donors (Lipinski definition) is 0. The van der Waals surface area contributed by atoms with Crippen LogP contribution in [0, 0.1) is 0 Å². The van der Waals surface area contributed by atoms with E-state index in [2.05, 4.69) is 29.2 Å². The average molecular weight is 337 g/mol. The van der Waals surface area contributed by atoms with Gasteiger partial charge in [-0.05, 0) is 67.7 Å². The van der Waals surface area contributed by atoms with Gasteiger partial charge in [-0.2, -0.15) is 0 Å². The molecule has 0 amide bonds. The fourth-order valence-corrected chi connectivity index (χ4v) is 4.01. The maximum atomic E-state index is 11.6. The zero-order chi connectivity index (χ0) is 17.2. The summed E-state index contributed by atoms with van der Waals surface area (Å²) in [4.78, 5) is 14.2. The largest absolute Gasteiger partial charge is 0.484 e. The van der Waals surface area contributed by atoms with Crippen LogP contribution in [0.2, 0.25) is 0 Å². The van der Waals surface area contributed by atoms with E-state index in [1.165, 1.54) is 31.1 Å². The van der Waals surface area contributed by atoms with Crippen LogP contribution in [0.1, 0.15) is 40.4 Å². The minimum atomic E-state index is -0.326. The third-order valence-electron chi connectivity index (χ3n) is 5.29. The Balaban J connectivity index is 1.58. The number of rotatable bonds is 4. The Kier molecular flexibility index (Phi) is 4.45. The molecule has 130 valence electrons. The summed E-state index contributed by atoms with van der Waals surface area (Å²) < 4.78 is 11.2. The normalized spacial score (nSPS) is 22.6. The lowest BCUT2D eigenvalue weighted by molar-refractivity contribution is 0.0600. The lowest BCUT2D eigenvalue weighted by Gasteiger charge is -2.30. The second kappa shape index (κ2) is 6.89. The van der Waals surface area contributed by atoms with Crippen LogP contribution in [-0.4, -0.2) is 37.1 Å². The van der Waals surface area contributed by atoms with Crippen LogP contribution < -0.4 is 4.74 Å². The minimum absolute atomic E-state index is 0.0401. The van der Waals surface area contributed by atoms with Crippen molar-refractivity contribution < 1.29 is 14.3 Å². The predicted octanol–water partition coefficient (Wildman–Crippen LogP) is 3.61. The standard InChI is InChI=1S/C21H23NO3/c1-24-21(23)15-8-10-17(11-9-15)25-20-18-7-3-2-6-16(18)14-19(20)22-12-4-5-13-22/h2-3,6-11,19-20H,4-5,12-14H2,1H3/t19-,20-/m0/s1. The lowest BCUT2D eigenvalue weighted by Crippen LogP contribution is -2.38. The molecule has 1 aliphatic carbocycles. The first-order valence-corrected chi connectivity index (χ1v) is 8.93. The van der Waals surface area contributed by atoms with Gasteiger partial charge in [-0.3, -0.25) is 4.90 Å². The maximum absolute atomic E-state index is 11.6. The SMILES string of the molecule is COC(=O)c1ccc(O[C@H]2c3ccccc3C[C@@H]2N2CCCC2)cc1. The van der Waals surface area contributed by atoms with Crippen molar-refractivity contribution in [2.75, 3.05) is 20.2 Å². The first-order chi connectivity index (χ1) is 12.3. The van der Waals surface area contributed by atoms with Gasteiger partial charge in [0.05, 0.1) is 18.7 Å². The zero-order valence-electron chi connectivity index (χ0n) is 14.5. The summed E-state index contributed by atoms with van der Waals surface area (Å²) in [7, 11) is 1.39.